The van der Waals surface area contributed by atoms with E-state index in [4.69, 9.17) is 0 Å². The molecule has 0 heterocycles. The number of para-hydroxylation sites is 1. The molecule has 1 N–H and O–H groups in total. The summed E-state index contributed by atoms with van der Waals surface area (Å²) in [5.74, 6) is 0.384. The Balaban J connectivity index is 2.69. The molecule has 0 bridgehead atoms. The second-order valence-corrected chi connectivity index (χ2v) is 8.33. The summed E-state index contributed by atoms with van der Waals surface area (Å²) < 4.78 is 25.9. The topological polar surface area (TPSA) is 66.5 Å². The predicted octanol–water partition coefficient (Wildman–Crippen LogP) is 2.77. The van der Waals surface area contributed by atoms with Crippen LogP contribution in [0, 0.1) is 5.92 Å². The molecule has 1 amide bonds. The minimum Gasteiger partial charge on any atom is -0.356 e. The molecule has 0 saturated heterocycles. The highest BCUT2D eigenvalue weighted by Crippen LogP contribution is 2.27. The number of hydrogen-bond donors (Lipinski definition) is 1. The number of anilines is 1. The average molecular weight is 391 g/mol. The molecular formula is C15H23BrN2O3S. The Bertz CT molecular complexity index is 603. The standard InChI is InChI=1S/C15H23BrN2O3S/c1-12(2)8-10-17-15(19)9-11-18(22(3,20)21)14-7-5-4-6-13(14)16/h4-7,12H,8-11H2,1-3H3,(H,17,19). The molecule has 7 heteroatoms. The van der Waals surface area contributed by atoms with Gasteiger partial charge < -0.3 is 5.32 Å². The van der Waals surface area contributed by atoms with Crippen molar-refractivity contribution in [2.75, 3.05) is 23.7 Å². The van der Waals surface area contributed by atoms with E-state index in [-0.39, 0.29) is 18.9 Å². The van der Waals surface area contributed by atoms with Crippen molar-refractivity contribution < 1.29 is 13.2 Å². The molecule has 124 valence electrons. The molecule has 0 radical (unpaired) electrons. The number of amides is 1. The van der Waals surface area contributed by atoms with Crippen LogP contribution in [0.5, 0.6) is 0 Å². The van der Waals surface area contributed by atoms with Gasteiger partial charge in [0.05, 0.1) is 11.9 Å². The van der Waals surface area contributed by atoms with Gasteiger partial charge in [-0.15, -0.1) is 0 Å². The number of rotatable bonds is 8. The molecule has 5 nitrogen and oxygen atoms in total. The van der Waals surface area contributed by atoms with Crippen LogP contribution in [0.15, 0.2) is 28.7 Å². The summed E-state index contributed by atoms with van der Waals surface area (Å²) in [5.41, 5.74) is 0.542. The van der Waals surface area contributed by atoms with Gasteiger partial charge >= 0.3 is 0 Å². The molecule has 0 saturated carbocycles. The Morgan fingerprint density at radius 1 is 1.32 bits per heavy atom. The second kappa shape index (κ2) is 8.53. The lowest BCUT2D eigenvalue weighted by molar-refractivity contribution is -0.120. The molecule has 0 unspecified atom stereocenters. The van der Waals surface area contributed by atoms with E-state index in [1.54, 1.807) is 18.2 Å². The van der Waals surface area contributed by atoms with Crippen molar-refractivity contribution in [2.45, 2.75) is 26.7 Å². The molecule has 22 heavy (non-hydrogen) atoms. The summed E-state index contributed by atoms with van der Waals surface area (Å²) in [7, 11) is -3.45. The van der Waals surface area contributed by atoms with Gasteiger partial charge in [-0.3, -0.25) is 9.10 Å². The van der Waals surface area contributed by atoms with E-state index in [0.717, 1.165) is 12.7 Å². The number of nitrogens with zero attached hydrogens (tertiary/aromatic N) is 1. The number of carbonyl (C=O) groups is 1. The Morgan fingerprint density at radius 3 is 2.50 bits per heavy atom. The predicted molar refractivity (Wildman–Crippen MR) is 93.4 cm³/mol. The highest BCUT2D eigenvalue weighted by atomic mass is 79.9. The number of benzene rings is 1. The lowest BCUT2D eigenvalue weighted by Gasteiger charge is -2.23. The van der Waals surface area contributed by atoms with Gasteiger partial charge in [-0.2, -0.15) is 0 Å². The zero-order valence-corrected chi connectivity index (χ0v) is 15.6. The third-order valence-corrected chi connectivity index (χ3v) is 4.96. The highest BCUT2D eigenvalue weighted by molar-refractivity contribution is 9.10. The molecule has 0 aliphatic heterocycles. The maximum Gasteiger partial charge on any atom is 0.232 e. The van der Waals surface area contributed by atoms with Crippen LogP contribution in [0.1, 0.15) is 26.7 Å². The van der Waals surface area contributed by atoms with Crippen LogP contribution in [-0.2, 0) is 14.8 Å². The minimum absolute atomic E-state index is 0.120. The first-order valence-electron chi connectivity index (χ1n) is 7.20. The SMILES string of the molecule is CC(C)CCNC(=O)CCN(c1ccccc1Br)S(C)(=O)=O. The fraction of sp³-hybridized carbons (Fsp3) is 0.533. The number of hydrogen-bond acceptors (Lipinski definition) is 3. The number of halogens is 1. The van der Waals surface area contributed by atoms with Gasteiger partial charge in [-0.25, -0.2) is 8.42 Å². The first-order valence-corrected chi connectivity index (χ1v) is 9.85. The normalized spacial score (nSPS) is 11.5. The van der Waals surface area contributed by atoms with E-state index >= 15 is 0 Å². The summed E-state index contributed by atoms with van der Waals surface area (Å²) in [6, 6.07) is 7.06. The van der Waals surface area contributed by atoms with Crippen molar-refractivity contribution in [1.29, 1.82) is 0 Å². The quantitative estimate of drug-likeness (QED) is 0.741. The number of nitrogens with one attached hydrogen (secondary N) is 1. The van der Waals surface area contributed by atoms with Crippen LogP contribution in [0.25, 0.3) is 0 Å². The van der Waals surface area contributed by atoms with E-state index in [2.05, 4.69) is 35.1 Å². The zero-order valence-electron chi connectivity index (χ0n) is 13.2. The van der Waals surface area contributed by atoms with Crippen molar-refractivity contribution in [2.24, 2.45) is 5.92 Å². The lowest BCUT2D eigenvalue weighted by atomic mass is 10.1. The smallest absolute Gasteiger partial charge is 0.232 e. The van der Waals surface area contributed by atoms with Gasteiger partial charge in [-0.1, -0.05) is 26.0 Å². The van der Waals surface area contributed by atoms with Crippen LogP contribution in [0.3, 0.4) is 0 Å². The van der Waals surface area contributed by atoms with E-state index in [1.165, 1.54) is 4.31 Å². The van der Waals surface area contributed by atoms with E-state index in [1.807, 2.05) is 6.07 Å². The van der Waals surface area contributed by atoms with Crippen LogP contribution in [-0.4, -0.2) is 33.7 Å². The second-order valence-electron chi connectivity index (χ2n) is 5.57. The zero-order chi connectivity index (χ0) is 16.8. The molecule has 0 aromatic heterocycles. The lowest BCUT2D eigenvalue weighted by Crippen LogP contribution is -2.35. The van der Waals surface area contributed by atoms with E-state index in [0.29, 0.717) is 22.6 Å². The monoisotopic (exact) mass is 390 g/mol. The summed E-state index contributed by atoms with van der Waals surface area (Å²) in [6.45, 7) is 4.91. The minimum atomic E-state index is -3.45. The van der Waals surface area contributed by atoms with E-state index in [9.17, 15) is 13.2 Å². The molecule has 0 fully saturated rings. The van der Waals surface area contributed by atoms with Gasteiger partial charge in [0, 0.05) is 24.0 Å². The first kappa shape index (κ1) is 19.0. The Morgan fingerprint density at radius 2 is 1.95 bits per heavy atom. The fourth-order valence-corrected chi connectivity index (χ4v) is 3.47. The van der Waals surface area contributed by atoms with Crippen molar-refractivity contribution in [3.8, 4) is 0 Å². The molecule has 0 aliphatic carbocycles. The van der Waals surface area contributed by atoms with Crippen molar-refractivity contribution in [3.05, 3.63) is 28.7 Å². The highest BCUT2D eigenvalue weighted by Gasteiger charge is 2.20. The van der Waals surface area contributed by atoms with Crippen molar-refractivity contribution >= 4 is 37.5 Å². The van der Waals surface area contributed by atoms with Gasteiger partial charge in [0.1, 0.15) is 0 Å². The van der Waals surface area contributed by atoms with Crippen LogP contribution >= 0.6 is 15.9 Å². The molecule has 0 spiro atoms. The molecular weight excluding hydrogens is 368 g/mol. The first-order chi connectivity index (χ1) is 10.2. The third kappa shape index (κ3) is 6.36. The van der Waals surface area contributed by atoms with Gasteiger partial charge in [0.15, 0.2) is 0 Å². The van der Waals surface area contributed by atoms with Crippen LogP contribution < -0.4 is 9.62 Å². The molecule has 1 aromatic rings. The summed E-state index contributed by atoms with van der Waals surface area (Å²) in [4.78, 5) is 11.8. The van der Waals surface area contributed by atoms with Gasteiger partial charge in [-0.05, 0) is 40.4 Å². The molecule has 0 atom stereocenters. The van der Waals surface area contributed by atoms with Gasteiger partial charge in [0.25, 0.3) is 0 Å². The van der Waals surface area contributed by atoms with Crippen LogP contribution in [0.2, 0.25) is 0 Å². The average Bonchev–Trinajstić information content (AvgIpc) is 2.39. The van der Waals surface area contributed by atoms with E-state index < -0.39 is 10.0 Å². The fourth-order valence-electron chi connectivity index (χ4n) is 1.91. The maximum atomic E-state index is 12.0. The van der Waals surface area contributed by atoms with Crippen molar-refractivity contribution in [3.63, 3.8) is 0 Å². The largest absolute Gasteiger partial charge is 0.356 e. The molecule has 1 rings (SSSR count). The Hall–Kier alpha value is -1.08. The summed E-state index contributed by atoms with van der Waals surface area (Å²) >= 11 is 3.35. The number of sulfonamides is 1. The summed E-state index contributed by atoms with van der Waals surface area (Å²) in [6.07, 6.45) is 2.18. The van der Waals surface area contributed by atoms with Crippen molar-refractivity contribution in [1.82, 2.24) is 5.32 Å². The van der Waals surface area contributed by atoms with Crippen LogP contribution in [0.4, 0.5) is 5.69 Å². The molecule has 1 aromatic carbocycles. The summed E-state index contributed by atoms with van der Waals surface area (Å²) in [5, 5.41) is 2.81. The molecule has 0 aliphatic rings. The maximum absolute atomic E-state index is 12.0. The third-order valence-electron chi connectivity index (χ3n) is 3.11. The Labute approximate surface area is 141 Å². The van der Waals surface area contributed by atoms with Gasteiger partial charge in [0.2, 0.25) is 15.9 Å². The Kier molecular flexibility index (Phi) is 7.35. The number of carbonyl (C=O) groups excluding carboxylic acids is 1.